The number of benzene rings is 1. The predicted molar refractivity (Wildman–Crippen MR) is 64.5 cm³/mol. The summed E-state index contributed by atoms with van der Waals surface area (Å²) in [4.78, 5) is 11.9. The fraction of sp³-hybridized carbons (Fsp3) is 0.500. The minimum Gasteiger partial charge on any atom is -0.325 e. The Morgan fingerprint density at radius 1 is 1.38 bits per heavy atom. The monoisotopic (exact) mass is 215 g/mol. The molecule has 0 spiro atoms. The molecule has 0 radical (unpaired) electrons. The molecule has 1 aliphatic carbocycles. The van der Waals surface area contributed by atoms with Gasteiger partial charge in [0.15, 0.2) is 0 Å². The van der Waals surface area contributed by atoms with Crippen molar-refractivity contribution in [3.63, 3.8) is 0 Å². The molecule has 1 amide bonds. The lowest BCUT2D eigenvalue weighted by atomic mass is 9.77. The second-order valence-electron chi connectivity index (χ2n) is 5.11. The largest absolute Gasteiger partial charge is 0.325 e. The Kier molecular flexibility index (Phi) is 2.23. The van der Waals surface area contributed by atoms with Crippen LogP contribution >= 0.6 is 0 Å². The van der Waals surface area contributed by atoms with Crippen LogP contribution in [0.3, 0.4) is 0 Å². The zero-order valence-electron chi connectivity index (χ0n) is 9.62. The number of rotatable bonds is 2. The van der Waals surface area contributed by atoms with Gasteiger partial charge in [-0.25, -0.2) is 0 Å². The zero-order valence-corrected chi connectivity index (χ0v) is 9.62. The number of fused-ring (bicyclic) bond motifs is 1. The number of amides is 1. The van der Waals surface area contributed by atoms with Crippen LogP contribution in [0.2, 0.25) is 0 Å². The van der Waals surface area contributed by atoms with Gasteiger partial charge in [-0.3, -0.25) is 4.79 Å². The summed E-state index contributed by atoms with van der Waals surface area (Å²) in [7, 11) is 0. The van der Waals surface area contributed by atoms with Crippen molar-refractivity contribution in [3.8, 4) is 0 Å². The van der Waals surface area contributed by atoms with Crippen molar-refractivity contribution in [2.45, 2.75) is 38.5 Å². The molecule has 2 aliphatic rings. The molecule has 0 saturated heterocycles. The molecular weight excluding hydrogens is 198 g/mol. The predicted octanol–water partition coefficient (Wildman–Crippen LogP) is 3.22. The van der Waals surface area contributed by atoms with Gasteiger partial charge in [-0.2, -0.15) is 0 Å². The Morgan fingerprint density at radius 2 is 2.19 bits per heavy atom. The first-order chi connectivity index (χ1) is 7.75. The highest BCUT2D eigenvalue weighted by molar-refractivity contribution is 6.03. The molecule has 1 heterocycles. The van der Waals surface area contributed by atoms with E-state index in [2.05, 4.69) is 30.4 Å². The summed E-state index contributed by atoms with van der Waals surface area (Å²) in [5.74, 6) is 1.10. The number of para-hydroxylation sites is 1. The zero-order chi connectivity index (χ0) is 11.1. The van der Waals surface area contributed by atoms with Crippen molar-refractivity contribution in [2.24, 2.45) is 5.92 Å². The first-order valence-electron chi connectivity index (χ1n) is 6.16. The molecule has 0 bridgehead atoms. The van der Waals surface area contributed by atoms with E-state index in [1.807, 2.05) is 0 Å². The third-order valence-corrected chi connectivity index (χ3v) is 4.04. The summed E-state index contributed by atoms with van der Waals surface area (Å²) in [6, 6.07) is 6.22. The lowest BCUT2D eigenvalue weighted by Crippen LogP contribution is -2.19. The molecule has 3 rings (SSSR count). The normalized spacial score (nSPS) is 23.8. The van der Waals surface area contributed by atoms with Gasteiger partial charge in [-0.15, -0.1) is 0 Å². The summed E-state index contributed by atoms with van der Waals surface area (Å²) < 4.78 is 0. The first-order valence-corrected chi connectivity index (χ1v) is 6.16. The van der Waals surface area contributed by atoms with E-state index in [9.17, 15) is 4.79 Å². The molecule has 1 aromatic carbocycles. The minimum atomic E-state index is 0.111. The van der Waals surface area contributed by atoms with Gasteiger partial charge in [0, 0.05) is 5.69 Å². The minimum absolute atomic E-state index is 0.111. The molecule has 2 nitrogen and oxygen atoms in total. The summed E-state index contributed by atoms with van der Waals surface area (Å²) in [6.07, 6.45) is 5.01. The van der Waals surface area contributed by atoms with E-state index in [-0.39, 0.29) is 11.8 Å². The van der Waals surface area contributed by atoms with E-state index in [1.165, 1.54) is 30.4 Å². The molecule has 2 heteroatoms. The van der Waals surface area contributed by atoms with E-state index in [0.29, 0.717) is 0 Å². The van der Waals surface area contributed by atoms with E-state index in [4.69, 9.17) is 0 Å². The number of aryl methyl sites for hydroxylation is 1. The van der Waals surface area contributed by atoms with Crippen molar-refractivity contribution < 1.29 is 4.79 Å². The Labute approximate surface area is 96.1 Å². The molecular formula is C14H17NO. The van der Waals surface area contributed by atoms with Gasteiger partial charge in [-0.05, 0) is 30.4 Å². The van der Waals surface area contributed by atoms with Gasteiger partial charge < -0.3 is 5.32 Å². The highest BCUT2D eigenvalue weighted by atomic mass is 16.2. The molecule has 1 aliphatic heterocycles. The molecule has 16 heavy (non-hydrogen) atoms. The Morgan fingerprint density at radius 3 is 2.88 bits per heavy atom. The van der Waals surface area contributed by atoms with Crippen LogP contribution in [0.4, 0.5) is 5.69 Å². The Balaban J connectivity index is 1.89. The van der Waals surface area contributed by atoms with Crippen LogP contribution in [0.15, 0.2) is 18.2 Å². The number of anilines is 1. The summed E-state index contributed by atoms with van der Waals surface area (Å²) in [5.41, 5.74) is 3.47. The van der Waals surface area contributed by atoms with Crippen molar-refractivity contribution in [3.05, 3.63) is 29.3 Å². The van der Waals surface area contributed by atoms with E-state index >= 15 is 0 Å². The van der Waals surface area contributed by atoms with E-state index in [1.54, 1.807) is 0 Å². The Bertz CT molecular complexity index is 434. The average molecular weight is 215 g/mol. The van der Waals surface area contributed by atoms with Crippen LogP contribution in [0.5, 0.6) is 0 Å². The maximum Gasteiger partial charge on any atom is 0.232 e. The fourth-order valence-electron chi connectivity index (χ4n) is 2.80. The van der Waals surface area contributed by atoms with Crippen LogP contribution in [0, 0.1) is 12.8 Å². The molecule has 1 atom stereocenters. The van der Waals surface area contributed by atoms with Gasteiger partial charge in [0.1, 0.15) is 0 Å². The molecule has 84 valence electrons. The summed E-state index contributed by atoms with van der Waals surface area (Å²) in [6.45, 7) is 2.06. The lowest BCUT2D eigenvalue weighted by molar-refractivity contribution is -0.117. The second-order valence-corrected chi connectivity index (χ2v) is 5.11. The maximum absolute atomic E-state index is 11.9. The van der Waals surface area contributed by atoms with Crippen LogP contribution in [0.25, 0.3) is 0 Å². The molecule has 1 fully saturated rings. The molecule has 1 unspecified atom stereocenters. The standard InChI is InChI=1S/C14H17NO/c1-9-4-2-7-11-12(8-10-5-3-6-10)14(16)15-13(9)11/h2,4,7,10,12H,3,5-6,8H2,1H3,(H,15,16). The topological polar surface area (TPSA) is 29.1 Å². The van der Waals surface area contributed by atoms with Gasteiger partial charge in [-0.1, -0.05) is 37.5 Å². The highest BCUT2D eigenvalue weighted by Gasteiger charge is 2.34. The van der Waals surface area contributed by atoms with Crippen LogP contribution in [-0.2, 0) is 4.79 Å². The summed E-state index contributed by atoms with van der Waals surface area (Å²) >= 11 is 0. The number of hydrogen-bond donors (Lipinski definition) is 1. The van der Waals surface area contributed by atoms with E-state index in [0.717, 1.165) is 18.0 Å². The third-order valence-electron chi connectivity index (χ3n) is 4.04. The van der Waals surface area contributed by atoms with Gasteiger partial charge in [0.2, 0.25) is 5.91 Å². The molecule has 1 N–H and O–H groups in total. The first kappa shape index (κ1) is 9.88. The van der Waals surface area contributed by atoms with Crippen molar-refractivity contribution >= 4 is 11.6 Å². The highest BCUT2D eigenvalue weighted by Crippen LogP contribution is 2.42. The third kappa shape index (κ3) is 1.44. The quantitative estimate of drug-likeness (QED) is 0.806. The molecule has 1 saturated carbocycles. The van der Waals surface area contributed by atoms with Crippen molar-refractivity contribution in [1.82, 2.24) is 0 Å². The Hall–Kier alpha value is -1.31. The average Bonchev–Trinajstić information content (AvgIpc) is 2.51. The lowest BCUT2D eigenvalue weighted by Gasteiger charge is -2.27. The van der Waals surface area contributed by atoms with Crippen molar-refractivity contribution in [1.29, 1.82) is 0 Å². The van der Waals surface area contributed by atoms with Gasteiger partial charge >= 0.3 is 0 Å². The van der Waals surface area contributed by atoms with Crippen LogP contribution in [-0.4, -0.2) is 5.91 Å². The smallest absolute Gasteiger partial charge is 0.232 e. The maximum atomic E-state index is 11.9. The second kappa shape index (κ2) is 3.62. The van der Waals surface area contributed by atoms with Crippen molar-refractivity contribution in [2.75, 3.05) is 5.32 Å². The number of carbonyl (C=O) groups is 1. The number of carbonyl (C=O) groups excluding carboxylic acids is 1. The van der Waals surface area contributed by atoms with Crippen LogP contribution in [0.1, 0.15) is 42.7 Å². The van der Waals surface area contributed by atoms with Gasteiger partial charge in [0.05, 0.1) is 5.92 Å². The fourth-order valence-corrected chi connectivity index (χ4v) is 2.80. The van der Waals surface area contributed by atoms with E-state index < -0.39 is 0 Å². The summed E-state index contributed by atoms with van der Waals surface area (Å²) in [5, 5.41) is 3.03. The van der Waals surface area contributed by atoms with Crippen LogP contribution < -0.4 is 5.32 Å². The molecule has 1 aromatic rings. The molecule has 0 aromatic heterocycles. The number of nitrogens with one attached hydrogen (secondary N) is 1. The number of hydrogen-bond acceptors (Lipinski definition) is 1. The van der Waals surface area contributed by atoms with Gasteiger partial charge in [0.25, 0.3) is 0 Å². The SMILES string of the molecule is Cc1cccc2c1NC(=O)C2CC1CCC1.